The van der Waals surface area contributed by atoms with E-state index in [0.717, 1.165) is 6.42 Å². The van der Waals surface area contributed by atoms with Gasteiger partial charge in [-0.2, -0.15) is 0 Å². The molecule has 0 atom stereocenters. The molecular formula is C19H18Cl2O4. The fraction of sp³-hybridized carbons (Fsp3) is 0.263. The molecule has 0 fully saturated rings. The van der Waals surface area contributed by atoms with Gasteiger partial charge in [-0.1, -0.05) is 47.5 Å². The molecule has 0 aliphatic carbocycles. The lowest BCUT2D eigenvalue weighted by Gasteiger charge is -2.07. The standard InChI is InChI=1S/C19H18Cl2O4/c20-16-10-4-2-8-14(16)18(22)24-12-6-1-7-13-25-19(23)15-9-3-5-11-17(15)21/h2-5,8-11H,1,6-7,12-13H2. The molecule has 0 saturated heterocycles. The van der Waals surface area contributed by atoms with Crippen LogP contribution in [-0.2, 0) is 9.47 Å². The Hall–Kier alpha value is -2.04. The monoisotopic (exact) mass is 380 g/mol. The summed E-state index contributed by atoms with van der Waals surface area (Å²) in [5, 5.41) is 0.748. The van der Waals surface area contributed by atoms with E-state index >= 15 is 0 Å². The molecule has 0 aliphatic heterocycles. The fourth-order valence-corrected chi connectivity index (χ4v) is 2.55. The summed E-state index contributed by atoms with van der Waals surface area (Å²) in [5.74, 6) is -0.869. The third kappa shape index (κ3) is 6.07. The van der Waals surface area contributed by atoms with Crippen LogP contribution in [0.15, 0.2) is 48.5 Å². The average molecular weight is 381 g/mol. The summed E-state index contributed by atoms with van der Waals surface area (Å²) in [6.07, 6.45) is 2.13. The molecule has 0 unspecified atom stereocenters. The maximum absolute atomic E-state index is 11.8. The molecule has 0 heterocycles. The second kappa shape index (κ2) is 10.1. The molecule has 2 aromatic carbocycles. The van der Waals surface area contributed by atoms with Crippen molar-refractivity contribution in [3.05, 3.63) is 69.7 Å². The molecule has 2 aromatic rings. The average Bonchev–Trinajstić information content (AvgIpc) is 2.61. The van der Waals surface area contributed by atoms with Crippen LogP contribution in [0.1, 0.15) is 40.0 Å². The van der Waals surface area contributed by atoms with Crippen LogP contribution < -0.4 is 0 Å². The Kier molecular flexibility index (Phi) is 7.76. The number of carbonyl (C=O) groups excluding carboxylic acids is 2. The SMILES string of the molecule is O=C(OCCCCCOC(=O)c1ccccc1Cl)c1ccccc1Cl. The van der Waals surface area contributed by atoms with E-state index in [1.807, 2.05) is 0 Å². The normalized spacial score (nSPS) is 10.3. The van der Waals surface area contributed by atoms with Crippen molar-refractivity contribution in [2.75, 3.05) is 13.2 Å². The third-order valence-electron chi connectivity index (χ3n) is 3.44. The number of benzene rings is 2. The van der Waals surface area contributed by atoms with E-state index in [9.17, 15) is 9.59 Å². The predicted molar refractivity (Wildman–Crippen MR) is 97.3 cm³/mol. The maximum Gasteiger partial charge on any atom is 0.339 e. The summed E-state index contributed by atoms with van der Waals surface area (Å²) in [4.78, 5) is 23.7. The Morgan fingerprint density at radius 1 is 0.680 bits per heavy atom. The van der Waals surface area contributed by atoms with Crippen molar-refractivity contribution in [1.82, 2.24) is 0 Å². The molecule has 4 nitrogen and oxygen atoms in total. The van der Waals surface area contributed by atoms with Crippen LogP contribution in [0.25, 0.3) is 0 Å². The van der Waals surface area contributed by atoms with Gasteiger partial charge in [0.05, 0.1) is 34.4 Å². The van der Waals surface area contributed by atoms with Crippen LogP contribution >= 0.6 is 23.2 Å². The number of esters is 2. The Morgan fingerprint density at radius 3 is 1.48 bits per heavy atom. The van der Waals surface area contributed by atoms with Gasteiger partial charge >= 0.3 is 11.9 Å². The third-order valence-corrected chi connectivity index (χ3v) is 4.10. The van der Waals surface area contributed by atoms with Crippen molar-refractivity contribution >= 4 is 35.1 Å². The lowest BCUT2D eigenvalue weighted by atomic mass is 10.2. The van der Waals surface area contributed by atoms with E-state index in [1.165, 1.54) is 0 Å². The van der Waals surface area contributed by atoms with Gasteiger partial charge in [-0.3, -0.25) is 0 Å². The number of unbranched alkanes of at least 4 members (excludes halogenated alkanes) is 2. The van der Waals surface area contributed by atoms with Gasteiger partial charge in [0.25, 0.3) is 0 Å². The second-order valence-corrected chi connectivity index (χ2v) is 6.11. The van der Waals surface area contributed by atoms with Crippen molar-refractivity contribution in [2.45, 2.75) is 19.3 Å². The van der Waals surface area contributed by atoms with Gasteiger partial charge in [-0.05, 0) is 43.5 Å². The molecule has 2 rings (SSSR count). The zero-order chi connectivity index (χ0) is 18.1. The number of rotatable bonds is 8. The van der Waals surface area contributed by atoms with E-state index in [1.54, 1.807) is 48.5 Å². The van der Waals surface area contributed by atoms with Gasteiger partial charge in [-0.25, -0.2) is 9.59 Å². The van der Waals surface area contributed by atoms with Gasteiger partial charge in [-0.15, -0.1) is 0 Å². The Bertz CT molecular complexity index is 669. The molecule has 0 bridgehead atoms. The van der Waals surface area contributed by atoms with E-state index in [0.29, 0.717) is 47.2 Å². The van der Waals surface area contributed by atoms with Crippen molar-refractivity contribution in [1.29, 1.82) is 0 Å². The highest BCUT2D eigenvalue weighted by Crippen LogP contribution is 2.17. The first kappa shape index (κ1) is 19.3. The smallest absolute Gasteiger partial charge is 0.339 e. The van der Waals surface area contributed by atoms with E-state index in [2.05, 4.69) is 0 Å². The number of halogens is 2. The first-order chi connectivity index (χ1) is 12.1. The molecule has 0 aliphatic rings. The molecule has 0 amide bonds. The van der Waals surface area contributed by atoms with Gasteiger partial charge < -0.3 is 9.47 Å². The van der Waals surface area contributed by atoms with Gasteiger partial charge in [0, 0.05) is 0 Å². The number of carbonyl (C=O) groups is 2. The largest absolute Gasteiger partial charge is 0.462 e. The zero-order valence-corrected chi connectivity index (χ0v) is 15.1. The van der Waals surface area contributed by atoms with Gasteiger partial charge in [0.2, 0.25) is 0 Å². The Morgan fingerprint density at radius 2 is 1.08 bits per heavy atom. The molecule has 0 saturated carbocycles. The van der Waals surface area contributed by atoms with Crippen molar-refractivity contribution < 1.29 is 19.1 Å². The minimum absolute atomic E-state index is 0.294. The highest BCUT2D eigenvalue weighted by Gasteiger charge is 2.11. The van der Waals surface area contributed by atoms with Crippen molar-refractivity contribution in [3.63, 3.8) is 0 Å². The fourth-order valence-electron chi connectivity index (χ4n) is 2.12. The summed E-state index contributed by atoms with van der Waals surface area (Å²) in [6, 6.07) is 13.5. The molecular weight excluding hydrogens is 363 g/mol. The Balaban J connectivity index is 1.60. The molecule has 25 heavy (non-hydrogen) atoms. The highest BCUT2D eigenvalue weighted by atomic mass is 35.5. The summed E-state index contributed by atoms with van der Waals surface area (Å²) < 4.78 is 10.3. The topological polar surface area (TPSA) is 52.6 Å². The van der Waals surface area contributed by atoms with E-state index < -0.39 is 11.9 Å². The second-order valence-electron chi connectivity index (χ2n) is 5.29. The van der Waals surface area contributed by atoms with Crippen molar-refractivity contribution in [3.8, 4) is 0 Å². The molecule has 0 N–H and O–H groups in total. The maximum atomic E-state index is 11.8. The number of hydrogen-bond donors (Lipinski definition) is 0. The summed E-state index contributed by atoms with van der Waals surface area (Å²) >= 11 is 11.9. The van der Waals surface area contributed by atoms with Crippen LogP contribution in [-0.4, -0.2) is 25.2 Å². The minimum Gasteiger partial charge on any atom is -0.462 e. The zero-order valence-electron chi connectivity index (χ0n) is 13.5. The number of hydrogen-bond acceptors (Lipinski definition) is 4. The molecule has 0 spiro atoms. The first-order valence-electron chi connectivity index (χ1n) is 7.93. The lowest BCUT2D eigenvalue weighted by molar-refractivity contribution is 0.0478. The van der Waals surface area contributed by atoms with Crippen LogP contribution in [0.4, 0.5) is 0 Å². The highest BCUT2D eigenvalue weighted by molar-refractivity contribution is 6.33. The minimum atomic E-state index is -0.434. The van der Waals surface area contributed by atoms with Crippen LogP contribution in [0.2, 0.25) is 10.0 Å². The summed E-state index contributed by atoms with van der Waals surface area (Å²) in [5.41, 5.74) is 0.718. The van der Waals surface area contributed by atoms with Gasteiger partial charge in [0.1, 0.15) is 0 Å². The first-order valence-corrected chi connectivity index (χ1v) is 8.68. The van der Waals surface area contributed by atoms with Crippen LogP contribution in [0.5, 0.6) is 0 Å². The van der Waals surface area contributed by atoms with Crippen LogP contribution in [0, 0.1) is 0 Å². The van der Waals surface area contributed by atoms with Crippen molar-refractivity contribution in [2.24, 2.45) is 0 Å². The molecule has 132 valence electrons. The molecule has 0 aromatic heterocycles. The molecule has 6 heteroatoms. The quantitative estimate of drug-likeness (QED) is 0.467. The van der Waals surface area contributed by atoms with Gasteiger partial charge in [0.15, 0.2) is 0 Å². The number of ether oxygens (including phenoxy) is 2. The summed E-state index contributed by atoms with van der Waals surface area (Å²) in [6.45, 7) is 0.588. The molecule has 0 radical (unpaired) electrons. The van der Waals surface area contributed by atoms with Crippen LogP contribution in [0.3, 0.4) is 0 Å². The predicted octanol–water partition coefficient (Wildman–Crippen LogP) is 5.18. The summed E-state index contributed by atoms with van der Waals surface area (Å²) in [7, 11) is 0. The van der Waals surface area contributed by atoms with E-state index in [4.69, 9.17) is 32.7 Å². The Labute approximate surface area is 156 Å². The lowest BCUT2D eigenvalue weighted by Crippen LogP contribution is -2.08. The van der Waals surface area contributed by atoms with E-state index in [-0.39, 0.29) is 0 Å².